The van der Waals surface area contributed by atoms with Crippen LogP contribution < -0.4 is 16.2 Å². The number of nitrogens with zero attached hydrogens (tertiary/aromatic N) is 1. The molecule has 1 aromatic heterocycles. The molecule has 3 aromatic rings. The number of benzene rings is 2. The highest BCUT2D eigenvalue weighted by Crippen LogP contribution is 2.16. The molecule has 3 N–H and O–H groups in total. The number of amides is 2. The molecule has 0 aliphatic carbocycles. The average Bonchev–Trinajstić information content (AvgIpc) is 3.09. The number of rotatable bonds is 4. The zero-order chi connectivity index (χ0) is 19.9. The van der Waals surface area contributed by atoms with Gasteiger partial charge >= 0.3 is 0 Å². The third kappa shape index (κ3) is 5.18. The van der Waals surface area contributed by atoms with Gasteiger partial charge in [-0.2, -0.15) is 0 Å². The Kier molecular flexibility index (Phi) is 6.41. The largest absolute Gasteiger partial charge is 0.338 e. The van der Waals surface area contributed by atoms with Crippen LogP contribution in [0.4, 0.5) is 0 Å². The Labute approximate surface area is 172 Å². The molecule has 0 aliphatic rings. The van der Waals surface area contributed by atoms with Gasteiger partial charge in [0.1, 0.15) is 6.54 Å². The van der Waals surface area contributed by atoms with Crippen molar-refractivity contribution < 1.29 is 9.59 Å². The van der Waals surface area contributed by atoms with Crippen molar-refractivity contribution in [2.75, 3.05) is 0 Å². The van der Waals surface area contributed by atoms with Crippen LogP contribution in [-0.2, 0) is 16.1 Å². The van der Waals surface area contributed by atoms with Gasteiger partial charge in [-0.05, 0) is 47.4 Å². The molecule has 142 valence electrons. The lowest BCUT2D eigenvalue weighted by molar-refractivity contribution is -0.122. The van der Waals surface area contributed by atoms with Gasteiger partial charge in [0.05, 0.1) is 0 Å². The second-order valence-corrected chi connectivity index (χ2v) is 6.66. The molecule has 0 unspecified atom stereocenters. The first-order chi connectivity index (χ1) is 13.5. The van der Waals surface area contributed by atoms with E-state index < -0.39 is 5.91 Å². The second kappa shape index (κ2) is 9.16. The molecule has 0 radical (unpaired) electrons. The highest BCUT2D eigenvalue weighted by atomic mass is 35.5. The Morgan fingerprint density at radius 2 is 1.79 bits per heavy atom. The lowest BCUT2D eigenvalue weighted by atomic mass is 10.2. The number of carbonyl (C=O) groups excluding carboxylic acids is 2. The SMILES string of the molecule is O=C(/C=C/c1ccccc1Cl)NC(=S)NNC(=O)Cn1ccc2ccccc21. The minimum Gasteiger partial charge on any atom is -0.338 e. The molecular formula is C20H17ClN4O2S. The molecule has 0 aliphatic heterocycles. The third-order valence-electron chi connectivity index (χ3n) is 3.87. The van der Waals surface area contributed by atoms with Crippen LogP contribution in [-0.4, -0.2) is 21.5 Å². The van der Waals surface area contributed by atoms with E-state index in [1.54, 1.807) is 24.3 Å². The van der Waals surface area contributed by atoms with Crippen LogP contribution in [0.25, 0.3) is 17.0 Å². The van der Waals surface area contributed by atoms with E-state index in [4.69, 9.17) is 23.8 Å². The van der Waals surface area contributed by atoms with Gasteiger partial charge in [-0.25, -0.2) is 0 Å². The van der Waals surface area contributed by atoms with Crippen LogP contribution in [0.3, 0.4) is 0 Å². The smallest absolute Gasteiger partial charge is 0.258 e. The summed E-state index contributed by atoms with van der Waals surface area (Å²) in [5.41, 5.74) is 6.64. The van der Waals surface area contributed by atoms with Crippen molar-refractivity contribution in [3.63, 3.8) is 0 Å². The molecule has 0 fully saturated rings. The summed E-state index contributed by atoms with van der Waals surface area (Å²) < 4.78 is 1.82. The molecule has 0 saturated heterocycles. The summed E-state index contributed by atoms with van der Waals surface area (Å²) in [5.74, 6) is -0.743. The van der Waals surface area contributed by atoms with Gasteiger partial charge in [-0.15, -0.1) is 0 Å². The molecule has 8 heteroatoms. The molecule has 2 aromatic carbocycles. The van der Waals surface area contributed by atoms with Crippen LogP contribution >= 0.6 is 23.8 Å². The Hall–Kier alpha value is -3.16. The Morgan fingerprint density at radius 3 is 2.61 bits per heavy atom. The summed E-state index contributed by atoms with van der Waals surface area (Å²) >= 11 is 11.0. The van der Waals surface area contributed by atoms with Crippen molar-refractivity contribution in [2.24, 2.45) is 0 Å². The summed E-state index contributed by atoms with van der Waals surface area (Å²) in [6, 6.07) is 16.8. The van der Waals surface area contributed by atoms with E-state index in [1.165, 1.54) is 6.08 Å². The lowest BCUT2D eigenvalue weighted by Crippen LogP contribution is -2.48. The van der Waals surface area contributed by atoms with Gasteiger partial charge in [-0.1, -0.05) is 48.0 Å². The van der Waals surface area contributed by atoms with E-state index >= 15 is 0 Å². The Bertz CT molecular complexity index is 1060. The fourth-order valence-electron chi connectivity index (χ4n) is 2.56. The van der Waals surface area contributed by atoms with E-state index in [0.717, 1.165) is 10.9 Å². The number of hydrazine groups is 1. The minimum absolute atomic E-state index is 0.0143. The van der Waals surface area contributed by atoms with Crippen molar-refractivity contribution in [3.8, 4) is 0 Å². The van der Waals surface area contributed by atoms with Crippen LogP contribution in [0.5, 0.6) is 0 Å². The quantitative estimate of drug-likeness (QED) is 0.350. The van der Waals surface area contributed by atoms with Crippen LogP contribution in [0, 0.1) is 0 Å². The van der Waals surface area contributed by atoms with Gasteiger partial charge in [0, 0.05) is 22.8 Å². The number of hydrogen-bond donors (Lipinski definition) is 3. The van der Waals surface area contributed by atoms with Crippen LogP contribution in [0.2, 0.25) is 5.02 Å². The van der Waals surface area contributed by atoms with E-state index in [0.29, 0.717) is 10.6 Å². The van der Waals surface area contributed by atoms with Gasteiger partial charge < -0.3 is 4.57 Å². The van der Waals surface area contributed by atoms with Crippen LogP contribution in [0.15, 0.2) is 66.9 Å². The predicted octanol–water partition coefficient (Wildman–Crippen LogP) is 3.03. The van der Waals surface area contributed by atoms with Crippen molar-refractivity contribution >= 4 is 57.7 Å². The fraction of sp³-hybridized carbons (Fsp3) is 0.0500. The zero-order valence-electron chi connectivity index (χ0n) is 14.7. The standard InChI is InChI=1S/C20H17ClN4O2S/c21-16-7-3-1-5-14(16)9-10-18(26)22-20(28)24-23-19(27)13-25-12-11-15-6-2-4-8-17(15)25/h1-12H,13H2,(H,23,27)(H2,22,24,26,28)/b10-9+. The lowest BCUT2D eigenvalue weighted by Gasteiger charge is -2.10. The normalized spacial score (nSPS) is 10.8. The van der Waals surface area contributed by atoms with E-state index in [1.807, 2.05) is 47.2 Å². The zero-order valence-corrected chi connectivity index (χ0v) is 16.3. The average molecular weight is 413 g/mol. The minimum atomic E-state index is -0.442. The molecule has 2 amide bonds. The molecule has 0 spiro atoms. The van der Waals surface area contributed by atoms with Gasteiger partial charge in [-0.3, -0.25) is 25.8 Å². The number of hydrogen-bond acceptors (Lipinski definition) is 3. The second-order valence-electron chi connectivity index (χ2n) is 5.85. The van der Waals surface area contributed by atoms with Gasteiger partial charge in [0.25, 0.3) is 5.91 Å². The molecule has 1 heterocycles. The number of fused-ring (bicyclic) bond motifs is 1. The van der Waals surface area contributed by atoms with Crippen molar-refractivity contribution in [2.45, 2.75) is 6.54 Å². The number of para-hydroxylation sites is 1. The molecule has 3 rings (SSSR count). The summed E-state index contributed by atoms with van der Waals surface area (Å²) in [6.07, 6.45) is 4.73. The summed E-state index contributed by atoms with van der Waals surface area (Å²) in [7, 11) is 0. The van der Waals surface area contributed by atoms with Crippen molar-refractivity contribution in [3.05, 3.63) is 77.5 Å². The molecule has 0 atom stereocenters. The third-order valence-corrected chi connectivity index (χ3v) is 4.41. The first kappa shape index (κ1) is 19.6. The highest BCUT2D eigenvalue weighted by molar-refractivity contribution is 7.80. The van der Waals surface area contributed by atoms with Gasteiger partial charge in [0.15, 0.2) is 5.11 Å². The monoisotopic (exact) mass is 412 g/mol. The maximum atomic E-state index is 12.1. The molecule has 28 heavy (non-hydrogen) atoms. The van der Waals surface area contributed by atoms with E-state index in [2.05, 4.69) is 16.2 Å². The summed E-state index contributed by atoms with van der Waals surface area (Å²) in [6.45, 7) is 0.115. The number of halogens is 1. The van der Waals surface area contributed by atoms with E-state index in [9.17, 15) is 9.59 Å². The number of thiocarbonyl (C=S) groups is 1. The molecule has 6 nitrogen and oxygen atoms in total. The first-order valence-electron chi connectivity index (χ1n) is 8.39. The van der Waals surface area contributed by atoms with Crippen LogP contribution in [0.1, 0.15) is 5.56 Å². The molecule has 0 saturated carbocycles. The number of carbonyl (C=O) groups is 2. The molecule has 0 bridgehead atoms. The Morgan fingerprint density at radius 1 is 1.04 bits per heavy atom. The summed E-state index contributed by atoms with van der Waals surface area (Å²) in [5, 5.41) is 4.02. The Balaban J connectivity index is 1.46. The number of aromatic nitrogens is 1. The van der Waals surface area contributed by atoms with Crippen molar-refractivity contribution in [1.82, 2.24) is 20.7 Å². The maximum Gasteiger partial charge on any atom is 0.258 e. The van der Waals surface area contributed by atoms with Gasteiger partial charge in [0.2, 0.25) is 5.91 Å². The topological polar surface area (TPSA) is 75.2 Å². The van der Waals surface area contributed by atoms with Crippen molar-refractivity contribution in [1.29, 1.82) is 0 Å². The maximum absolute atomic E-state index is 12.1. The predicted molar refractivity (Wildman–Crippen MR) is 114 cm³/mol. The molecular weight excluding hydrogens is 396 g/mol. The van der Waals surface area contributed by atoms with E-state index in [-0.39, 0.29) is 17.6 Å². The number of nitrogens with one attached hydrogen (secondary N) is 3. The first-order valence-corrected chi connectivity index (χ1v) is 9.18. The highest BCUT2D eigenvalue weighted by Gasteiger charge is 2.07. The summed E-state index contributed by atoms with van der Waals surface area (Å²) in [4.78, 5) is 24.0. The fourth-order valence-corrected chi connectivity index (χ4v) is 2.91.